The Morgan fingerprint density at radius 3 is 2.75 bits per heavy atom. The molecule has 10 nitrogen and oxygen atoms in total. The number of fused-ring (bicyclic) bond motifs is 2. The van der Waals surface area contributed by atoms with Crippen molar-refractivity contribution in [1.29, 1.82) is 0 Å². The lowest BCUT2D eigenvalue weighted by atomic mass is 9.75. The van der Waals surface area contributed by atoms with Crippen LogP contribution in [0.15, 0.2) is 49.3 Å². The standard InChI is InChI=1S/C41H49F2N7O3/c1-5-31-33(43)11-10-28-19-41(4,52)21-35(37(28)31)48-18-14-32-34(25-48)46-39(47-38(32)49-17-8-7-9-30(24-49)45-36(51)6-2)53-26-40(3)20-29(42)23-50(40)22-27-12-15-44-16-13-27/h1,6,10-13,15-16,29-30,35,52H,2,7-9,14,17-26H2,3-4H3,(H,45,51)/t29-,30?,35-,40+,41+/m1/s1. The number of terminal acetylenes is 1. The molecule has 2 saturated heterocycles. The Hall–Kier alpha value is -4.44. The Balaban J connectivity index is 1.22. The topological polar surface area (TPSA) is 107 Å². The van der Waals surface area contributed by atoms with E-state index in [0.717, 1.165) is 59.6 Å². The number of carbonyl (C=O) groups excluding carboxylic acids is 1. The molecule has 2 fully saturated rings. The molecule has 1 amide bonds. The summed E-state index contributed by atoms with van der Waals surface area (Å²) in [6, 6.07) is 6.79. The summed E-state index contributed by atoms with van der Waals surface area (Å²) in [7, 11) is 0. The number of pyridine rings is 1. The van der Waals surface area contributed by atoms with Gasteiger partial charge in [0.15, 0.2) is 0 Å². The first-order valence-electron chi connectivity index (χ1n) is 18.7. The molecule has 1 aliphatic carbocycles. The van der Waals surface area contributed by atoms with Gasteiger partial charge >= 0.3 is 6.01 Å². The normalized spacial score (nSPS) is 27.6. The van der Waals surface area contributed by atoms with Gasteiger partial charge in [0, 0.05) is 82.2 Å². The number of nitrogens with one attached hydrogen (secondary N) is 1. The van der Waals surface area contributed by atoms with E-state index >= 15 is 8.78 Å². The van der Waals surface area contributed by atoms with Crippen LogP contribution in [0.25, 0.3) is 0 Å². The van der Waals surface area contributed by atoms with Crippen LogP contribution in [0, 0.1) is 18.2 Å². The molecule has 1 unspecified atom stereocenters. The molecule has 0 saturated carbocycles. The molecule has 4 aliphatic rings. The maximum absolute atomic E-state index is 15.1. The second-order valence-electron chi connectivity index (χ2n) is 15.7. The predicted octanol–water partition coefficient (Wildman–Crippen LogP) is 4.83. The molecule has 12 heteroatoms. The number of alkyl halides is 1. The first kappa shape index (κ1) is 36.9. The third kappa shape index (κ3) is 7.93. The fraction of sp³-hybridized carbons (Fsp3) is 0.512. The third-order valence-corrected chi connectivity index (χ3v) is 11.4. The van der Waals surface area contributed by atoms with Crippen LogP contribution in [-0.2, 0) is 30.7 Å². The molecule has 2 N–H and O–H groups in total. The van der Waals surface area contributed by atoms with Crippen molar-refractivity contribution >= 4 is 11.7 Å². The lowest BCUT2D eigenvalue weighted by molar-refractivity contribution is -0.117. The molecule has 7 rings (SSSR count). The molecule has 5 atom stereocenters. The smallest absolute Gasteiger partial charge is 0.318 e. The van der Waals surface area contributed by atoms with Crippen molar-refractivity contribution in [2.45, 2.75) is 101 Å². The maximum atomic E-state index is 15.1. The van der Waals surface area contributed by atoms with Crippen LogP contribution in [0.1, 0.15) is 85.5 Å². The number of likely N-dealkylation sites (tertiary alicyclic amines) is 1. The minimum Gasteiger partial charge on any atom is -0.461 e. The van der Waals surface area contributed by atoms with Crippen molar-refractivity contribution in [3.63, 3.8) is 0 Å². The number of amides is 1. The van der Waals surface area contributed by atoms with Crippen molar-refractivity contribution < 1.29 is 23.4 Å². The van der Waals surface area contributed by atoms with Crippen LogP contribution in [0.2, 0.25) is 0 Å². The molecular formula is C41H49F2N7O3. The summed E-state index contributed by atoms with van der Waals surface area (Å²) in [5.74, 6) is 2.71. The second kappa shape index (κ2) is 15.1. The van der Waals surface area contributed by atoms with Gasteiger partial charge in [0.1, 0.15) is 24.4 Å². The zero-order valence-corrected chi connectivity index (χ0v) is 30.7. The number of nitrogens with zero attached hydrogens (tertiary/aromatic N) is 6. The largest absolute Gasteiger partial charge is 0.461 e. The number of benzene rings is 1. The summed E-state index contributed by atoms with van der Waals surface area (Å²) < 4.78 is 36.6. The van der Waals surface area contributed by atoms with Crippen LogP contribution in [0.5, 0.6) is 6.01 Å². The SMILES string of the molecule is C#Cc1c(F)ccc2c1[C@H](N1CCc3c(nc(OC[C@]4(C)C[C@@H](F)CN4Cc4ccncc4)nc3N3CCCCC(NC(=O)C=C)C3)C1)C[C@@](C)(O)C2. The summed E-state index contributed by atoms with van der Waals surface area (Å²) in [6.07, 6.45) is 14.1. The number of anilines is 1. The number of rotatable bonds is 9. The molecule has 0 bridgehead atoms. The Bertz CT molecular complexity index is 1890. The average Bonchev–Trinajstić information content (AvgIpc) is 3.26. The number of hydrogen-bond donors (Lipinski definition) is 2. The Morgan fingerprint density at radius 1 is 1.17 bits per heavy atom. The fourth-order valence-corrected chi connectivity index (χ4v) is 8.81. The number of aromatic nitrogens is 3. The van der Waals surface area contributed by atoms with Gasteiger partial charge in [-0.1, -0.05) is 18.6 Å². The molecule has 5 heterocycles. The first-order chi connectivity index (χ1) is 25.4. The van der Waals surface area contributed by atoms with Crippen molar-refractivity contribution in [2.24, 2.45) is 0 Å². The molecule has 0 spiro atoms. The summed E-state index contributed by atoms with van der Waals surface area (Å²) >= 11 is 0. The van der Waals surface area contributed by atoms with Gasteiger partial charge in [-0.2, -0.15) is 9.97 Å². The zero-order valence-electron chi connectivity index (χ0n) is 30.7. The number of ether oxygens (including phenoxy) is 1. The Labute approximate surface area is 310 Å². The highest BCUT2D eigenvalue weighted by atomic mass is 19.1. The third-order valence-electron chi connectivity index (χ3n) is 11.4. The van der Waals surface area contributed by atoms with Crippen LogP contribution in [0.3, 0.4) is 0 Å². The van der Waals surface area contributed by atoms with Crippen LogP contribution in [0.4, 0.5) is 14.6 Å². The second-order valence-corrected chi connectivity index (χ2v) is 15.7. The minimum atomic E-state index is -1.00. The summed E-state index contributed by atoms with van der Waals surface area (Å²) in [5, 5.41) is 14.5. The van der Waals surface area contributed by atoms with E-state index in [1.165, 1.54) is 12.1 Å². The molecule has 3 aromatic rings. The van der Waals surface area contributed by atoms with Crippen molar-refractivity contribution in [3.05, 3.63) is 88.6 Å². The van der Waals surface area contributed by atoms with Gasteiger partial charge in [0.25, 0.3) is 0 Å². The van der Waals surface area contributed by atoms with Crippen molar-refractivity contribution in [2.75, 3.05) is 37.7 Å². The van der Waals surface area contributed by atoms with Gasteiger partial charge < -0.3 is 20.1 Å². The number of aliphatic hydroxyl groups is 1. The van der Waals surface area contributed by atoms with Crippen LogP contribution in [-0.4, -0.2) is 91.9 Å². The van der Waals surface area contributed by atoms with Gasteiger partial charge in [0.05, 0.1) is 22.4 Å². The van der Waals surface area contributed by atoms with Gasteiger partial charge in [-0.25, -0.2) is 8.78 Å². The monoisotopic (exact) mass is 725 g/mol. The number of halogens is 2. The highest BCUT2D eigenvalue weighted by Crippen LogP contribution is 2.44. The molecular weight excluding hydrogens is 676 g/mol. The van der Waals surface area contributed by atoms with E-state index in [9.17, 15) is 9.90 Å². The predicted molar refractivity (Wildman–Crippen MR) is 198 cm³/mol. The molecule has 3 aliphatic heterocycles. The van der Waals surface area contributed by atoms with E-state index in [-0.39, 0.29) is 36.2 Å². The highest BCUT2D eigenvalue weighted by molar-refractivity contribution is 5.87. The number of hydrogen-bond acceptors (Lipinski definition) is 9. The Kier molecular flexibility index (Phi) is 10.5. The van der Waals surface area contributed by atoms with E-state index in [1.807, 2.05) is 26.0 Å². The summed E-state index contributed by atoms with van der Waals surface area (Å²) in [5.41, 5.74) is 3.06. The minimum absolute atomic E-state index is 0.0863. The molecule has 53 heavy (non-hydrogen) atoms. The van der Waals surface area contributed by atoms with E-state index in [2.05, 4.69) is 37.5 Å². The van der Waals surface area contributed by atoms with Crippen molar-refractivity contribution in [3.8, 4) is 18.4 Å². The zero-order chi connectivity index (χ0) is 37.3. The first-order valence-corrected chi connectivity index (χ1v) is 18.7. The lowest BCUT2D eigenvalue weighted by Crippen LogP contribution is -2.46. The molecule has 0 radical (unpaired) electrons. The van der Waals surface area contributed by atoms with Gasteiger partial charge in [-0.05, 0) is 86.9 Å². The summed E-state index contributed by atoms with van der Waals surface area (Å²) in [4.78, 5) is 33.1. The van der Waals surface area contributed by atoms with E-state index in [0.29, 0.717) is 58.4 Å². The van der Waals surface area contributed by atoms with E-state index in [1.54, 1.807) is 18.5 Å². The fourth-order valence-electron chi connectivity index (χ4n) is 8.81. The molecule has 2 aromatic heterocycles. The quantitative estimate of drug-likeness (QED) is 0.237. The maximum Gasteiger partial charge on any atom is 0.318 e. The Morgan fingerprint density at radius 2 is 1.98 bits per heavy atom. The highest BCUT2D eigenvalue weighted by Gasteiger charge is 2.44. The lowest BCUT2D eigenvalue weighted by Gasteiger charge is -2.44. The summed E-state index contributed by atoms with van der Waals surface area (Å²) in [6.45, 7) is 10.8. The van der Waals surface area contributed by atoms with Gasteiger partial charge in [0.2, 0.25) is 5.91 Å². The van der Waals surface area contributed by atoms with Crippen LogP contribution < -0.4 is 15.0 Å². The average molecular weight is 726 g/mol. The van der Waals surface area contributed by atoms with E-state index in [4.69, 9.17) is 21.1 Å². The molecule has 1 aromatic carbocycles. The molecule has 280 valence electrons. The van der Waals surface area contributed by atoms with Gasteiger partial charge in [-0.15, -0.1) is 6.42 Å². The van der Waals surface area contributed by atoms with Crippen molar-refractivity contribution in [1.82, 2.24) is 30.1 Å². The van der Waals surface area contributed by atoms with Gasteiger partial charge in [-0.3, -0.25) is 19.6 Å². The van der Waals surface area contributed by atoms with Crippen LogP contribution >= 0.6 is 0 Å². The van der Waals surface area contributed by atoms with E-state index < -0.39 is 23.1 Å². The number of carbonyl (C=O) groups is 1.